The zero-order valence-electron chi connectivity index (χ0n) is 14.6. The highest BCUT2D eigenvalue weighted by Crippen LogP contribution is 2.35. The Bertz CT molecular complexity index is 991. The normalized spacial score (nSPS) is 14.5. The molecule has 0 bridgehead atoms. The molecule has 10 heteroatoms. The highest BCUT2D eigenvalue weighted by Gasteiger charge is 2.31. The van der Waals surface area contributed by atoms with Crippen LogP contribution in [0.3, 0.4) is 0 Å². The van der Waals surface area contributed by atoms with E-state index in [1.807, 2.05) is 6.07 Å². The number of nitrogens with zero attached hydrogens (tertiary/aromatic N) is 2. The van der Waals surface area contributed by atoms with Gasteiger partial charge in [-0.1, -0.05) is 11.6 Å². The number of sulfonamides is 1. The second-order valence-corrected chi connectivity index (χ2v) is 8.27. The second kappa shape index (κ2) is 7.34. The molecule has 0 amide bonds. The van der Waals surface area contributed by atoms with Crippen LogP contribution in [0.5, 0.6) is 11.5 Å². The molecule has 144 valence electrons. The van der Waals surface area contributed by atoms with Gasteiger partial charge in [0.15, 0.2) is 0 Å². The zero-order chi connectivity index (χ0) is 19.8. The number of rotatable bonds is 5. The fourth-order valence-corrected chi connectivity index (χ4v) is 4.64. The third kappa shape index (κ3) is 3.58. The van der Waals surface area contributed by atoms with Crippen LogP contribution in [-0.4, -0.2) is 38.4 Å². The Morgan fingerprint density at radius 2 is 1.93 bits per heavy atom. The number of benzene rings is 2. The Labute approximate surface area is 161 Å². The fraction of sp³-hybridized carbons (Fsp3) is 0.294. The number of nitro groups is 1. The predicted octanol–water partition coefficient (Wildman–Crippen LogP) is 3.01. The van der Waals surface area contributed by atoms with Crippen molar-refractivity contribution in [1.82, 2.24) is 4.31 Å². The number of hydrogen-bond acceptors (Lipinski definition) is 6. The fourth-order valence-electron chi connectivity index (χ4n) is 3.03. The van der Waals surface area contributed by atoms with Crippen molar-refractivity contribution >= 4 is 27.3 Å². The highest BCUT2D eigenvalue weighted by atomic mass is 35.5. The lowest BCUT2D eigenvalue weighted by Gasteiger charge is -2.29. The number of ether oxygens (including phenoxy) is 2. The summed E-state index contributed by atoms with van der Waals surface area (Å²) in [4.78, 5) is 10.2. The van der Waals surface area contributed by atoms with E-state index in [2.05, 4.69) is 0 Å². The van der Waals surface area contributed by atoms with Crippen molar-refractivity contribution in [3.8, 4) is 11.5 Å². The Hall–Kier alpha value is -2.36. The summed E-state index contributed by atoms with van der Waals surface area (Å²) >= 11 is 5.78. The quantitative estimate of drug-likeness (QED) is 0.553. The molecule has 0 fully saturated rings. The molecular weight excluding hydrogens is 396 g/mol. The second-order valence-electron chi connectivity index (χ2n) is 5.93. The Kier molecular flexibility index (Phi) is 5.27. The van der Waals surface area contributed by atoms with Crippen LogP contribution < -0.4 is 9.47 Å². The molecule has 0 saturated heterocycles. The van der Waals surface area contributed by atoms with E-state index in [1.54, 1.807) is 13.2 Å². The largest absolute Gasteiger partial charge is 0.497 e. The van der Waals surface area contributed by atoms with Gasteiger partial charge < -0.3 is 9.47 Å². The number of halogens is 1. The van der Waals surface area contributed by atoms with Crippen LogP contribution in [0.2, 0.25) is 5.02 Å². The minimum atomic E-state index is -3.93. The summed E-state index contributed by atoms with van der Waals surface area (Å²) in [5, 5.41) is 11.0. The van der Waals surface area contributed by atoms with Gasteiger partial charge in [-0.3, -0.25) is 10.1 Å². The third-order valence-corrected chi connectivity index (χ3v) is 6.61. The van der Waals surface area contributed by atoms with Gasteiger partial charge in [-0.2, -0.15) is 4.31 Å². The van der Waals surface area contributed by atoms with Crippen LogP contribution >= 0.6 is 11.6 Å². The first-order valence-corrected chi connectivity index (χ1v) is 9.77. The summed E-state index contributed by atoms with van der Waals surface area (Å²) in [6, 6.07) is 7.02. The molecule has 1 heterocycles. The van der Waals surface area contributed by atoms with Crippen LogP contribution in [0.25, 0.3) is 0 Å². The number of nitro benzene ring substituents is 1. The van der Waals surface area contributed by atoms with Crippen LogP contribution in [-0.2, 0) is 23.0 Å². The monoisotopic (exact) mass is 412 g/mol. The van der Waals surface area contributed by atoms with E-state index in [-0.39, 0.29) is 23.0 Å². The zero-order valence-corrected chi connectivity index (χ0v) is 16.2. The summed E-state index contributed by atoms with van der Waals surface area (Å²) < 4.78 is 37.9. The first-order valence-electron chi connectivity index (χ1n) is 7.95. The maximum atomic E-state index is 13.0. The molecule has 2 aromatic rings. The van der Waals surface area contributed by atoms with Crippen LogP contribution in [0.15, 0.2) is 35.2 Å². The van der Waals surface area contributed by atoms with Crippen molar-refractivity contribution in [3.05, 3.63) is 56.6 Å². The van der Waals surface area contributed by atoms with Crippen LogP contribution in [0.4, 0.5) is 5.69 Å². The summed E-state index contributed by atoms with van der Waals surface area (Å²) in [6.45, 7) is 0.337. The summed E-state index contributed by atoms with van der Waals surface area (Å²) in [7, 11) is -0.880. The topological polar surface area (TPSA) is 99.0 Å². The molecular formula is C17H17ClN2O6S. The first kappa shape index (κ1) is 19.4. The van der Waals surface area contributed by atoms with Crippen molar-refractivity contribution in [2.45, 2.75) is 17.9 Å². The Morgan fingerprint density at radius 1 is 1.19 bits per heavy atom. The smallest absolute Gasteiger partial charge is 0.289 e. The molecule has 27 heavy (non-hydrogen) atoms. The highest BCUT2D eigenvalue weighted by molar-refractivity contribution is 7.89. The molecule has 0 unspecified atom stereocenters. The van der Waals surface area contributed by atoms with Crippen molar-refractivity contribution in [2.24, 2.45) is 0 Å². The van der Waals surface area contributed by atoms with Gasteiger partial charge >= 0.3 is 0 Å². The average molecular weight is 413 g/mol. The van der Waals surface area contributed by atoms with Gasteiger partial charge in [-0.15, -0.1) is 0 Å². The van der Waals surface area contributed by atoms with Crippen molar-refractivity contribution in [3.63, 3.8) is 0 Å². The van der Waals surface area contributed by atoms with Gasteiger partial charge in [0.2, 0.25) is 10.0 Å². The number of methoxy groups -OCH3 is 2. The summed E-state index contributed by atoms with van der Waals surface area (Å²) in [6.07, 6.45) is 0.470. The molecule has 0 radical (unpaired) electrons. The van der Waals surface area contributed by atoms with E-state index >= 15 is 0 Å². The van der Waals surface area contributed by atoms with Crippen molar-refractivity contribution in [2.75, 3.05) is 20.8 Å². The van der Waals surface area contributed by atoms with E-state index in [0.29, 0.717) is 17.9 Å². The van der Waals surface area contributed by atoms with Gasteiger partial charge in [0.05, 0.1) is 24.0 Å². The molecule has 2 aromatic carbocycles. The lowest BCUT2D eigenvalue weighted by atomic mass is 9.99. The van der Waals surface area contributed by atoms with E-state index in [9.17, 15) is 18.5 Å². The molecule has 3 rings (SSSR count). The lowest BCUT2D eigenvalue weighted by molar-refractivity contribution is -0.384. The van der Waals surface area contributed by atoms with Gasteiger partial charge in [0.25, 0.3) is 5.69 Å². The molecule has 0 spiro atoms. The predicted molar refractivity (Wildman–Crippen MR) is 99.0 cm³/mol. The maximum Gasteiger partial charge on any atom is 0.289 e. The number of hydrogen-bond donors (Lipinski definition) is 0. The molecule has 0 saturated carbocycles. The van der Waals surface area contributed by atoms with E-state index < -0.39 is 20.6 Å². The third-order valence-electron chi connectivity index (χ3n) is 4.45. The minimum absolute atomic E-state index is 0.0985. The van der Waals surface area contributed by atoms with E-state index in [4.69, 9.17) is 21.1 Å². The van der Waals surface area contributed by atoms with Gasteiger partial charge in [-0.05, 0) is 30.2 Å². The van der Waals surface area contributed by atoms with Crippen LogP contribution in [0, 0.1) is 10.1 Å². The molecule has 1 aliphatic rings. The SMILES string of the molecule is COc1cc2c(c(OC)c1)CN(S(=O)(=O)c1ccc(Cl)c([N+](=O)[O-])c1)CC2. The molecule has 0 aromatic heterocycles. The maximum absolute atomic E-state index is 13.0. The van der Waals surface area contributed by atoms with Gasteiger partial charge in [0.1, 0.15) is 16.5 Å². The lowest BCUT2D eigenvalue weighted by Crippen LogP contribution is -2.36. The van der Waals surface area contributed by atoms with Crippen molar-refractivity contribution < 1.29 is 22.8 Å². The molecule has 0 aliphatic carbocycles. The van der Waals surface area contributed by atoms with Gasteiger partial charge in [0, 0.05) is 30.8 Å². The Balaban J connectivity index is 1.99. The molecule has 0 atom stereocenters. The van der Waals surface area contributed by atoms with E-state index in [1.165, 1.54) is 23.5 Å². The molecule has 0 N–H and O–H groups in total. The average Bonchev–Trinajstić information content (AvgIpc) is 2.66. The van der Waals surface area contributed by atoms with Crippen molar-refractivity contribution in [1.29, 1.82) is 0 Å². The van der Waals surface area contributed by atoms with E-state index in [0.717, 1.165) is 17.2 Å². The minimum Gasteiger partial charge on any atom is -0.497 e. The number of fused-ring (bicyclic) bond motifs is 1. The van der Waals surface area contributed by atoms with Crippen LogP contribution in [0.1, 0.15) is 11.1 Å². The Morgan fingerprint density at radius 3 is 2.56 bits per heavy atom. The first-order chi connectivity index (χ1) is 12.8. The van der Waals surface area contributed by atoms with Gasteiger partial charge in [-0.25, -0.2) is 8.42 Å². The molecule has 8 nitrogen and oxygen atoms in total. The summed E-state index contributed by atoms with van der Waals surface area (Å²) in [5.41, 5.74) is 1.24. The standard InChI is InChI=1S/C17H17ClN2O6S/c1-25-12-7-11-5-6-19(10-14(11)17(8-12)26-2)27(23,24)13-3-4-15(18)16(9-13)20(21)22/h3-4,7-9H,5-6,10H2,1-2H3. The summed E-state index contributed by atoms with van der Waals surface area (Å²) in [5.74, 6) is 1.17. The molecule has 1 aliphatic heterocycles.